The van der Waals surface area contributed by atoms with Crippen LogP contribution in [0.2, 0.25) is 0 Å². The number of methoxy groups -OCH3 is 2. The Kier molecular flexibility index (Phi) is 8.86. The van der Waals surface area contributed by atoms with E-state index in [0.717, 1.165) is 21.6 Å². The van der Waals surface area contributed by atoms with Gasteiger partial charge < -0.3 is 19.5 Å². The highest BCUT2D eigenvalue weighted by Crippen LogP contribution is 2.27. The van der Waals surface area contributed by atoms with E-state index in [1.165, 1.54) is 11.8 Å². The fourth-order valence-electron chi connectivity index (χ4n) is 2.62. The van der Waals surface area contributed by atoms with Crippen molar-refractivity contribution < 1.29 is 23.8 Å². The molecular weight excluding hydrogens is 390 g/mol. The number of esters is 1. The zero-order valence-electron chi connectivity index (χ0n) is 17.2. The highest BCUT2D eigenvalue weighted by Gasteiger charge is 2.10. The van der Waals surface area contributed by atoms with Crippen molar-refractivity contribution in [1.82, 2.24) is 5.32 Å². The number of ether oxygens (including phenoxy) is 3. The zero-order chi connectivity index (χ0) is 21.2. The third kappa shape index (κ3) is 7.34. The molecule has 1 amide bonds. The number of thioether (sulfide) groups is 1. The summed E-state index contributed by atoms with van der Waals surface area (Å²) in [6, 6.07) is 11.7. The normalized spacial score (nSPS) is 10.3. The van der Waals surface area contributed by atoms with Crippen molar-refractivity contribution in [1.29, 1.82) is 0 Å². The van der Waals surface area contributed by atoms with Gasteiger partial charge in [0.05, 0.1) is 20.0 Å². The monoisotopic (exact) mass is 417 g/mol. The summed E-state index contributed by atoms with van der Waals surface area (Å²) in [6.45, 7) is 4.16. The Hall–Kier alpha value is -2.67. The Morgan fingerprint density at radius 3 is 2.48 bits per heavy atom. The van der Waals surface area contributed by atoms with Crippen LogP contribution in [-0.4, -0.2) is 45.0 Å². The van der Waals surface area contributed by atoms with Gasteiger partial charge in [-0.2, -0.15) is 0 Å². The van der Waals surface area contributed by atoms with E-state index in [4.69, 9.17) is 14.2 Å². The smallest absolute Gasteiger partial charge is 0.316 e. The lowest BCUT2D eigenvalue weighted by molar-refractivity contribution is -0.145. The Morgan fingerprint density at radius 2 is 1.76 bits per heavy atom. The van der Waals surface area contributed by atoms with E-state index < -0.39 is 5.97 Å². The highest BCUT2D eigenvalue weighted by atomic mass is 32.2. The number of rotatable bonds is 10. The SMILES string of the molecule is COc1ccc(CCNC(=O)COC(=O)CSc2cc(C)ccc2C)cc1OC. The van der Waals surface area contributed by atoms with Crippen LogP contribution in [0.15, 0.2) is 41.3 Å². The molecule has 0 heterocycles. The second kappa shape index (κ2) is 11.4. The molecule has 0 bridgehead atoms. The molecule has 0 spiro atoms. The van der Waals surface area contributed by atoms with Crippen molar-refractivity contribution in [3.8, 4) is 11.5 Å². The van der Waals surface area contributed by atoms with Crippen LogP contribution in [-0.2, 0) is 20.7 Å². The first kappa shape index (κ1) is 22.6. The Morgan fingerprint density at radius 1 is 1.00 bits per heavy atom. The number of nitrogens with one attached hydrogen (secondary N) is 1. The first-order chi connectivity index (χ1) is 13.9. The van der Waals surface area contributed by atoms with Gasteiger partial charge >= 0.3 is 5.97 Å². The third-order valence-electron chi connectivity index (χ3n) is 4.24. The zero-order valence-corrected chi connectivity index (χ0v) is 18.1. The van der Waals surface area contributed by atoms with Crippen molar-refractivity contribution >= 4 is 23.6 Å². The molecule has 2 rings (SSSR count). The molecule has 0 aliphatic rings. The van der Waals surface area contributed by atoms with Crippen molar-refractivity contribution in [2.24, 2.45) is 0 Å². The van der Waals surface area contributed by atoms with E-state index in [2.05, 4.69) is 5.32 Å². The van der Waals surface area contributed by atoms with Crippen LogP contribution < -0.4 is 14.8 Å². The van der Waals surface area contributed by atoms with Gasteiger partial charge in [0.1, 0.15) is 0 Å². The average Bonchev–Trinajstić information content (AvgIpc) is 2.72. The molecule has 0 radical (unpaired) electrons. The number of carbonyl (C=O) groups excluding carboxylic acids is 2. The van der Waals surface area contributed by atoms with Crippen molar-refractivity contribution in [2.45, 2.75) is 25.2 Å². The molecule has 0 saturated carbocycles. The molecule has 2 aromatic rings. The number of hydrogen-bond donors (Lipinski definition) is 1. The molecule has 0 atom stereocenters. The van der Waals surface area contributed by atoms with Gasteiger partial charge in [-0.05, 0) is 49.6 Å². The predicted octanol–water partition coefficient (Wildman–Crippen LogP) is 3.31. The standard InChI is InChI=1S/C22H27NO5S/c1-15-5-6-16(2)20(11-15)29-14-22(25)28-13-21(24)23-10-9-17-7-8-18(26-3)19(12-17)27-4/h5-8,11-12H,9-10,13-14H2,1-4H3,(H,23,24). The second-order valence-corrected chi connectivity index (χ2v) is 7.52. The molecule has 156 valence electrons. The van der Waals surface area contributed by atoms with E-state index in [1.54, 1.807) is 14.2 Å². The fraction of sp³-hybridized carbons (Fsp3) is 0.364. The molecule has 0 aromatic heterocycles. The Labute approximate surface area is 175 Å². The number of benzene rings is 2. The largest absolute Gasteiger partial charge is 0.493 e. The van der Waals surface area contributed by atoms with Crippen LogP contribution in [0, 0.1) is 13.8 Å². The van der Waals surface area contributed by atoms with Gasteiger partial charge in [0.2, 0.25) is 0 Å². The quantitative estimate of drug-likeness (QED) is 0.472. The number of amides is 1. The van der Waals surface area contributed by atoms with Gasteiger partial charge in [0.15, 0.2) is 18.1 Å². The summed E-state index contributed by atoms with van der Waals surface area (Å²) in [5, 5.41) is 2.75. The van der Waals surface area contributed by atoms with E-state index in [-0.39, 0.29) is 18.3 Å². The summed E-state index contributed by atoms with van der Waals surface area (Å²) in [4.78, 5) is 24.8. The molecule has 2 aromatic carbocycles. The van der Waals surface area contributed by atoms with Gasteiger partial charge in [-0.25, -0.2) is 0 Å². The second-order valence-electron chi connectivity index (χ2n) is 6.51. The Bertz CT molecular complexity index is 853. The van der Waals surface area contributed by atoms with Crippen LogP contribution in [0.4, 0.5) is 0 Å². The summed E-state index contributed by atoms with van der Waals surface area (Å²) in [5.74, 6) is 0.738. The van der Waals surface area contributed by atoms with Crippen molar-refractivity contribution in [2.75, 3.05) is 33.1 Å². The molecular formula is C22H27NO5S. The molecule has 0 unspecified atom stereocenters. The minimum atomic E-state index is -0.411. The summed E-state index contributed by atoms with van der Waals surface area (Å²) in [7, 11) is 3.16. The van der Waals surface area contributed by atoms with Crippen LogP contribution in [0.25, 0.3) is 0 Å². The van der Waals surface area contributed by atoms with E-state index in [9.17, 15) is 9.59 Å². The maximum Gasteiger partial charge on any atom is 0.316 e. The summed E-state index contributed by atoms with van der Waals surface area (Å²) in [5.41, 5.74) is 3.26. The minimum absolute atomic E-state index is 0.170. The van der Waals surface area contributed by atoms with E-state index in [1.807, 2.05) is 50.2 Å². The van der Waals surface area contributed by atoms with Crippen molar-refractivity contribution in [3.05, 3.63) is 53.1 Å². The molecule has 7 heteroatoms. The number of carbonyl (C=O) groups is 2. The van der Waals surface area contributed by atoms with Crippen molar-refractivity contribution in [3.63, 3.8) is 0 Å². The molecule has 6 nitrogen and oxygen atoms in total. The fourth-order valence-corrected chi connectivity index (χ4v) is 3.54. The third-order valence-corrected chi connectivity index (χ3v) is 5.37. The molecule has 0 fully saturated rings. The van der Waals surface area contributed by atoms with Gasteiger partial charge in [-0.1, -0.05) is 23.8 Å². The minimum Gasteiger partial charge on any atom is -0.493 e. The molecule has 0 aliphatic carbocycles. The number of hydrogen-bond acceptors (Lipinski definition) is 6. The lowest BCUT2D eigenvalue weighted by Gasteiger charge is -2.10. The topological polar surface area (TPSA) is 73.9 Å². The van der Waals surface area contributed by atoms with Crippen LogP contribution in [0.3, 0.4) is 0 Å². The summed E-state index contributed by atoms with van der Waals surface area (Å²) >= 11 is 1.41. The maximum absolute atomic E-state index is 11.9. The van der Waals surface area contributed by atoms with Crippen LogP contribution >= 0.6 is 11.8 Å². The predicted molar refractivity (Wildman–Crippen MR) is 114 cm³/mol. The molecule has 0 aliphatic heterocycles. The maximum atomic E-state index is 11.9. The average molecular weight is 418 g/mol. The van der Waals surface area contributed by atoms with E-state index >= 15 is 0 Å². The first-order valence-corrected chi connectivity index (χ1v) is 10.2. The van der Waals surface area contributed by atoms with Crippen LogP contribution in [0.1, 0.15) is 16.7 Å². The van der Waals surface area contributed by atoms with Gasteiger partial charge in [-0.3, -0.25) is 9.59 Å². The van der Waals surface area contributed by atoms with E-state index in [0.29, 0.717) is 24.5 Å². The summed E-state index contributed by atoms with van der Waals surface area (Å²) in [6.07, 6.45) is 0.628. The highest BCUT2D eigenvalue weighted by molar-refractivity contribution is 8.00. The Balaban J connectivity index is 1.69. The molecule has 0 saturated heterocycles. The molecule has 1 N–H and O–H groups in total. The van der Waals surface area contributed by atoms with Gasteiger partial charge in [0, 0.05) is 11.4 Å². The first-order valence-electron chi connectivity index (χ1n) is 9.26. The number of aryl methyl sites for hydroxylation is 2. The lowest BCUT2D eigenvalue weighted by Crippen LogP contribution is -2.30. The van der Waals surface area contributed by atoms with Gasteiger partial charge in [-0.15, -0.1) is 11.8 Å². The van der Waals surface area contributed by atoms with Gasteiger partial charge in [0.25, 0.3) is 5.91 Å². The summed E-state index contributed by atoms with van der Waals surface area (Å²) < 4.78 is 15.5. The van der Waals surface area contributed by atoms with Crippen LogP contribution in [0.5, 0.6) is 11.5 Å². The molecule has 29 heavy (non-hydrogen) atoms. The lowest BCUT2D eigenvalue weighted by atomic mass is 10.1.